The molecule has 0 unspecified atom stereocenters. The van der Waals surface area contributed by atoms with Crippen molar-refractivity contribution in [2.75, 3.05) is 31.2 Å². The van der Waals surface area contributed by atoms with Crippen LogP contribution in [0.25, 0.3) is 16.9 Å². The molecule has 3 aromatic heterocycles. The molecular weight excluding hydrogens is 348 g/mol. The highest BCUT2D eigenvalue weighted by Gasteiger charge is 2.12. The maximum Gasteiger partial charge on any atom is 0.140 e. The summed E-state index contributed by atoms with van der Waals surface area (Å²) in [4.78, 5) is 7.11. The molecule has 4 aromatic rings. The van der Waals surface area contributed by atoms with Crippen molar-refractivity contribution in [2.45, 2.75) is 6.42 Å². The first-order valence-corrected chi connectivity index (χ1v) is 9.77. The maximum atomic E-state index is 5.45. The molecule has 0 spiro atoms. The summed E-state index contributed by atoms with van der Waals surface area (Å²) >= 11 is 0. The van der Waals surface area contributed by atoms with Crippen LogP contribution >= 0.6 is 0 Å². The highest BCUT2D eigenvalue weighted by atomic mass is 16.5. The molecule has 0 saturated carbocycles. The second-order valence-corrected chi connectivity index (χ2v) is 7.38. The number of pyridine rings is 1. The molecule has 1 aromatic carbocycles. The van der Waals surface area contributed by atoms with Crippen LogP contribution in [0.1, 0.15) is 11.1 Å². The Bertz CT molecular complexity index is 1090. The minimum Gasteiger partial charge on any atom is -0.378 e. The van der Waals surface area contributed by atoms with Gasteiger partial charge in [-0.1, -0.05) is 18.2 Å². The fourth-order valence-electron chi connectivity index (χ4n) is 3.94. The number of morpholine rings is 1. The van der Waals surface area contributed by atoms with Crippen molar-refractivity contribution in [3.8, 4) is 11.3 Å². The van der Waals surface area contributed by atoms with Crippen LogP contribution in [0, 0.1) is 0 Å². The summed E-state index contributed by atoms with van der Waals surface area (Å²) in [6, 6.07) is 15.3. The van der Waals surface area contributed by atoms with Crippen molar-refractivity contribution in [1.82, 2.24) is 14.0 Å². The van der Waals surface area contributed by atoms with Gasteiger partial charge in [0.05, 0.1) is 25.1 Å². The SMILES string of the molecule is Cn1ccc(-c2cnc3c(Cc4ccc(N5CCOCC5)cc4)cccn23)c1. The third-order valence-electron chi connectivity index (χ3n) is 5.45. The summed E-state index contributed by atoms with van der Waals surface area (Å²) < 4.78 is 9.70. The number of nitrogens with zero attached hydrogens (tertiary/aromatic N) is 4. The number of hydrogen-bond donors (Lipinski definition) is 0. The highest BCUT2D eigenvalue weighted by Crippen LogP contribution is 2.24. The average molecular weight is 372 g/mol. The molecular formula is C23H24N4O. The summed E-state index contributed by atoms with van der Waals surface area (Å²) in [5.41, 5.74) is 7.15. The smallest absolute Gasteiger partial charge is 0.140 e. The molecule has 142 valence electrons. The Balaban J connectivity index is 1.41. The van der Waals surface area contributed by atoms with Gasteiger partial charge in [-0.3, -0.25) is 4.40 Å². The van der Waals surface area contributed by atoms with E-state index >= 15 is 0 Å². The largest absolute Gasteiger partial charge is 0.378 e. The van der Waals surface area contributed by atoms with Crippen LogP contribution in [0.15, 0.2) is 67.3 Å². The van der Waals surface area contributed by atoms with Crippen molar-refractivity contribution in [1.29, 1.82) is 0 Å². The number of anilines is 1. The van der Waals surface area contributed by atoms with E-state index in [-0.39, 0.29) is 0 Å². The monoisotopic (exact) mass is 372 g/mol. The zero-order valence-corrected chi connectivity index (χ0v) is 16.1. The van der Waals surface area contributed by atoms with Gasteiger partial charge < -0.3 is 14.2 Å². The van der Waals surface area contributed by atoms with E-state index in [4.69, 9.17) is 9.72 Å². The predicted octanol–water partition coefficient (Wildman–Crippen LogP) is 3.77. The summed E-state index contributed by atoms with van der Waals surface area (Å²) in [5.74, 6) is 0. The molecule has 0 atom stereocenters. The molecule has 5 nitrogen and oxygen atoms in total. The first kappa shape index (κ1) is 17.1. The zero-order valence-electron chi connectivity index (χ0n) is 16.1. The van der Waals surface area contributed by atoms with Gasteiger partial charge in [-0.25, -0.2) is 4.98 Å². The number of hydrogen-bond acceptors (Lipinski definition) is 3. The number of imidazole rings is 1. The molecule has 5 heteroatoms. The third kappa shape index (κ3) is 3.18. The molecule has 0 amide bonds. The number of benzene rings is 1. The first-order chi connectivity index (χ1) is 13.8. The van der Waals surface area contributed by atoms with Crippen LogP contribution in [0.5, 0.6) is 0 Å². The van der Waals surface area contributed by atoms with E-state index in [1.807, 2.05) is 13.2 Å². The number of rotatable bonds is 4. The minimum atomic E-state index is 0.813. The molecule has 4 heterocycles. The van der Waals surface area contributed by atoms with E-state index in [2.05, 4.69) is 74.9 Å². The van der Waals surface area contributed by atoms with Crippen LogP contribution in [0.4, 0.5) is 5.69 Å². The molecule has 0 radical (unpaired) electrons. The second kappa shape index (κ2) is 7.17. The summed E-state index contributed by atoms with van der Waals surface area (Å²) in [7, 11) is 2.04. The molecule has 0 N–H and O–H groups in total. The second-order valence-electron chi connectivity index (χ2n) is 7.38. The van der Waals surface area contributed by atoms with Crippen LogP contribution in [0.3, 0.4) is 0 Å². The van der Waals surface area contributed by atoms with Gasteiger partial charge >= 0.3 is 0 Å². The van der Waals surface area contributed by atoms with Crippen LogP contribution in [-0.2, 0) is 18.2 Å². The van der Waals surface area contributed by atoms with Crippen molar-refractivity contribution in [2.24, 2.45) is 7.05 Å². The third-order valence-corrected chi connectivity index (χ3v) is 5.45. The van der Waals surface area contributed by atoms with E-state index in [0.717, 1.165) is 44.1 Å². The average Bonchev–Trinajstić information content (AvgIpc) is 3.36. The fraction of sp³-hybridized carbons (Fsp3) is 0.261. The molecule has 1 aliphatic heterocycles. The Hall–Kier alpha value is -3.05. The van der Waals surface area contributed by atoms with Crippen molar-refractivity contribution in [3.63, 3.8) is 0 Å². The zero-order chi connectivity index (χ0) is 18.9. The van der Waals surface area contributed by atoms with E-state index in [1.165, 1.54) is 22.4 Å². The summed E-state index contributed by atoms with van der Waals surface area (Å²) in [6.07, 6.45) is 9.12. The van der Waals surface area contributed by atoms with Crippen LogP contribution in [0.2, 0.25) is 0 Å². The molecule has 1 fully saturated rings. The van der Waals surface area contributed by atoms with Crippen LogP contribution in [-0.4, -0.2) is 40.3 Å². The van der Waals surface area contributed by atoms with Gasteiger partial charge in [0.15, 0.2) is 0 Å². The molecule has 1 saturated heterocycles. The lowest BCUT2D eigenvalue weighted by Gasteiger charge is -2.28. The van der Waals surface area contributed by atoms with Gasteiger partial charge in [0.2, 0.25) is 0 Å². The van der Waals surface area contributed by atoms with E-state index < -0.39 is 0 Å². The fourth-order valence-corrected chi connectivity index (χ4v) is 3.94. The molecule has 0 aliphatic carbocycles. The molecule has 0 bridgehead atoms. The lowest BCUT2D eigenvalue weighted by Crippen LogP contribution is -2.36. The Labute approximate surface area is 164 Å². The topological polar surface area (TPSA) is 34.7 Å². The highest BCUT2D eigenvalue weighted by molar-refractivity contribution is 5.65. The Kier molecular flexibility index (Phi) is 4.37. The van der Waals surface area contributed by atoms with Gasteiger partial charge in [0.25, 0.3) is 0 Å². The van der Waals surface area contributed by atoms with Gasteiger partial charge in [-0.15, -0.1) is 0 Å². The summed E-state index contributed by atoms with van der Waals surface area (Å²) in [6.45, 7) is 3.56. The molecule has 5 rings (SSSR count). The number of fused-ring (bicyclic) bond motifs is 1. The normalized spacial score (nSPS) is 14.7. The van der Waals surface area contributed by atoms with Crippen molar-refractivity contribution in [3.05, 3.63) is 78.4 Å². The van der Waals surface area contributed by atoms with Gasteiger partial charge in [0.1, 0.15) is 5.65 Å². The Morgan fingerprint density at radius 3 is 2.57 bits per heavy atom. The molecule has 1 aliphatic rings. The predicted molar refractivity (Wildman–Crippen MR) is 112 cm³/mol. The van der Waals surface area contributed by atoms with E-state index in [0.29, 0.717) is 0 Å². The van der Waals surface area contributed by atoms with Crippen LogP contribution < -0.4 is 4.90 Å². The van der Waals surface area contributed by atoms with Gasteiger partial charge in [0, 0.05) is 56.4 Å². The number of ether oxygens (including phenoxy) is 1. The first-order valence-electron chi connectivity index (χ1n) is 9.77. The van der Waals surface area contributed by atoms with Crippen molar-refractivity contribution < 1.29 is 4.74 Å². The maximum absolute atomic E-state index is 5.45. The Morgan fingerprint density at radius 2 is 1.82 bits per heavy atom. The number of aryl methyl sites for hydroxylation is 1. The van der Waals surface area contributed by atoms with Crippen molar-refractivity contribution >= 4 is 11.3 Å². The Morgan fingerprint density at radius 1 is 1.00 bits per heavy atom. The van der Waals surface area contributed by atoms with Gasteiger partial charge in [-0.05, 0) is 35.4 Å². The standard InChI is InChI=1S/C23H24N4O/c1-25-10-8-20(17-25)22-16-24-23-19(3-2-9-27(22)23)15-18-4-6-21(7-5-18)26-11-13-28-14-12-26/h2-10,16-17H,11-15H2,1H3. The summed E-state index contributed by atoms with van der Waals surface area (Å²) in [5, 5.41) is 0. The minimum absolute atomic E-state index is 0.813. The lowest BCUT2D eigenvalue weighted by molar-refractivity contribution is 0.122. The molecule has 28 heavy (non-hydrogen) atoms. The lowest BCUT2D eigenvalue weighted by atomic mass is 10.1. The quantitative estimate of drug-likeness (QED) is 0.547. The van der Waals surface area contributed by atoms with Gasteiger partial charge in [-0.2, -0.15) is 0 Å². The van der Waals surface area contributed by atoms with E-state index in [1.54, 1.807) is 0 Å². The van der Waals surface area contributed by atoms with E-state index in [9.17, 15) is 0 Å². The number of aromatic nitrogens is 3.